The van der Waals surface area contributed by atoms with Gasteiger partial charge >= 0.3 is 0 Å². The molecule has 0 aromatic carbocycles. The fourth-order valence-electron chi connectivity index (χ4n) is 0.576. The monoisotopic (exact) mass is 127 g/mol. The SMILES string of the molecule is C=C(CCC)NCC=O. The normalized spacial score (nSPS) is 8.56. The van der Waals surface area contributed by atoms with E-state index in [4.69, 9.17) is 0 Å². The highest BCUT2D eigenvalue weighted by molar-refractivity contribution is 5.52. The van der Waals surface area contributed by atoms with E-state index in [1.165, 1.54) is 0 Å². The summed E-state index contributed by atoms with van der Waals surface area (Å²) in [6, 6.07) is 0. The lowest BCUT2D eigenvalue weighted by molar-refractivity contribution is -0.107. The second-order valence-electron chi connectivity index (χ2n) is 1.90. The average molecular weight is 127 g/mol. The maximum atomic E-state index is 9.81. The molecular weight excluding hydrogens is 114 g/mol. The van der Waals surface area contributed by atoms with Crippen molar-refractivity contribution in [2.75, 3.05) is 6.54 Å². The number of rotatable bonds is 5. The first kappa shape index (κ1) is 8.21. The quantitative estimate of drug-likeness (QED) is 0.560. The van der Waals surface area contributed by atoms with Crippen LogP contribution in [-0.2, 0) is 4.79 Å². The van der Waals surface area contributed by atoms with Crippen molar-refractivity contribution in [2.45, 2.75) is 19.8 Å². The molecule has 0 atom stereocenters. The summed E-state index contributed by atoms with van der Waals surface area (Å²) in [6.07, 6.45) is 2.86. The highest BCUT2D eigenvalue weighted by atomic mass is 16.1. The van der Waals surface area contributed by atoms with Crippen LogP contribution in [0.15, 0.2) is 12.3 Å². The van der Waals surface area contributed by atoms with Gasteiger partial charge in [0.2, 0.25) is 0 Å². The van der Waals surface area contributed by atoms with E-state index < -0.39 is 0 Å². The first-order valence-electron chi connectivity index (χ1n) is 3.16. The van der Waals surface area contributed by atoms with Gasteiger partial charge in [-0.25, -0.2) is 0 Å². The predicted molar refractivity (Wildman–Crippen MR) is 38.1 cm³/mol. The van der Waals surface area contributed by atoms with Crippen LogP contribution in [-0.4, -0.2) is 12.8 Å². The molecule has 9 heavy (non-hydrogen) atoms. The molecule has 0 aromatic rings. The van der Waals surface area contributed by atoms with Gasteiger partial charge in [-0.2, -0.15) is 0 Å². The van der Waals surface area contributed by atoms with Crippen LogP contribution in [0.3, 0.4) is 0 Å². The Morgan fingerprint density at radius 3 is 2.89 bits per heavy atom. The third-order valence-corrected chi connectivity index (χ3v) is 0.987. The second kappa shape index (κ2) is 5.35. The zero-order valence-corrected chi connectivity index (χ0v) is 5.81. The fraction of sp³-hybridized carbons (Fsp3) is 0.571. The third kappa shape index (κ3) is 5.07. The summed E-state index contributed by atoms with van der Waals surface area (Å²) in [6.45, 7) is 6.18. The number of hydrogen-bond acceptors (Lipinski definition) is 2. The summed E-state index contributed by atoms with van der Waals surface area (Å²) in [5, 5.41) is 2.87. The number of hydrogen-bond donors (Lipinski definition) is 1. The topological polar surface area (TPSA) is 29.1 Å². The summed E-state index contributed by atoms with van der Waals surface area (Å²) in [5.74, 6) is 0. The number of allylic oxidation sites excluding steroid dienone is 1. The fourth-order valence-corrected chi connectivity index (χ4v) is 0.576. The molecule has 0 aromatic heterocycles. The number of nitrogens with one attached hydrogen (secondary N) is 1. The predicted octanol–water partition coefficient (Wildman–Crippen LogP) is 1.09. The lowest BCUT2D eigenvalue weighted by Crippen LogP contribution is -2.14. The molecule has 1 N–H and O–H groups in total. The molecule has 0 fully saturated rings. The van der Waals surface area contributed by atoms with E-state index in [2.05, 4.69) is 18.8 Å². The Hall–Kier alpha value is -0.790. The molecule has 0 radical (unpaired) electrons. The van der Waals surface area contributed by atoms with Gasteiger partial charge in [0, 0.05) is 5.70 Å². The summed E-state index contributed by atoms with van der Waals surface area (Å²) in [7, 11) is 0. The largest absolute Gasteiger partial charge is 0.382 e. The minimum atomic E-state index is 0.388. The smallest absolute Gasteiger partial charge is 0.139 e. The second-order valence-corrected chi connectivity index (χ2v) is 1.90. The zero-order chi connectivity index (χ0) is 7.11. The van der Waals surface area contributed by atoms with Crippen LogP contribution < -0.4 is 5.32 Å². The maximum Gasteiger partial charge on any atom is 0.139 e. The van der Waals surface area contributed by atoms with E-state index >= 15 is 0 Å². The molecular formula is C7H13NO. The first-order chi connectivity index (χ1) is 4.31. The lowest BCUT2D eigenvalue weighted by atomic mass is 10.3. The molecule has 0 heterocycles. The molecule has 0 rings (SSSR count). The van der Waals surface area contributed by atoms with Gasteiger partial charge in [-0.3, -0.25) is 0 Å². The van der Waals surface area contributed by atoms with Crippen LogP contribution in [0.25, 0.3) is 0 Å². The van der Waals surface area contributed by atoms with Gasteiger partial charge in [0.1, 0.15) is 6.29 Å². The van der Waals surface area contributed by atoms with Crippen LogP contribution >= 0.6 is 0 Å². The van der Waals surface area contributed by atoms with Crippen LogP contribution in [0.4, 0.5) is 0 Å². The number of aldehydes is 1. The first-order valence-corrected chi connectivity index (χ1v) is 3.16. The van der Waals surface area contributed by atoms with Crippen molar-refractivity contribution in [3.8, 4) is 0 Å². The van der Waals surface area contributed by atoms with Crippen molar-refractivity contribution in [1.29, 1.82) is 0 Å². The minimum absolute atomic E-state index is 0.388. The highest BCUT2D eigenvalue weighted by Crippen LogP contribution is 1.94. The lowest BCUT2D eigenvalue weighted by Gasteiger charge is -2.02. The summed E-state index contributed by atoms with van der Waals surface area (Å²) >= 11 is 0. The Balaban J connectivity index is 3.16. The van der Waals surface area contributed by atoms with E-state index in [1.807, 2.05) is 0 Å². The van der Waals surface area contributed by atoms with Gasteiger partial charge in [0.25, 0.3) is 0 Å². The van der Waals surface area contributed by atoms with Crippen LogP contribution in [0, 0.1) is 0 Å². The summed E-state index contributed by atoms with van der Waals surface area (Å²) < 4.78 is 0. The maximum absolute atomic E-state index is 9.81. The standard InChI is InChI=1S/C7H13NO/c1-3-4-7(2)8-5-6-9/h6,8H,2-5H2,1H3. The number of carbonyl (C=O) groups excluding carboxylic acids is 1. The van der Waals surface area contributed by atoms with Crippen molar-refractivity contribution >= 4 is 6.29 Å². The number of carbonyl (C=O) groups is 1. The highest BCUT2D eigenvalue weighted by Gasteiger charge is 1.87. The molecule has 2 nitrogen and oxygen atoms in total. The zero-order valence-electron chi connectivity index (χ0n) is 5.81. The molecule has 0 unspecified atom stereocenters. The van der Waals surface area contributed by atoms with Gasteiger partial charge in [-0.15, -0.1) is 0 Å². The van der Waals surface area contributed by atoms with Crippen molar-refractivity contribution in [3.63, 3.8) is 0 Å². The van der Waals surface area contributed by atoms with Gasteiger partial charge in [0.05, 0.1) is 6.54 Å². The molecule has 0 saturated carbocycles. The third-order valence-electron chi connectivity index (χ3n) is 0.987. The Morgan fingerprint density at radius 2 is 2.44 bits per heavy atom. The Kier molecular flexibility index (Phi) is 4.88. The molecule has 0 aliphatic carbocycles. The molecule has 0 amide bonds. The van der Waals surface area contributed by atoms with Crippen molar-refractivity contribution in [2.24, 2.45) is 0 Å². The Morgan fingerprint density at radius 1 is 1.78 bits per heavy atom. The van der Waals surface area contributed by atoms with Crippen LogP contribution in [0.1, 0.15) is 19.8 Å². The summed E-state index contributed by atoms with van der Waals surface area (Å²) in [4.78, 5) is 9.81. The van der Waals surface area contributed by atoms with Gasteiger partial charge in [-0.1, -0.05) is 19.9 Å². The van der Waals surface area contributed by atoms with E-state index in [-0.39, 0.29) is 0 Å². The molecule has 0 bridgehead atoms. The van der Waals surface area contributed by atoms with E-state index in [1.54, 1.807) is 0 Å². The summed E-state index contributed by atoms with van der Waals surface area (Å²) in [5.41, 5.74) is 0.949. The Bertz CT molecular complexity index is 99.1. The van der Waals surface area contributed by atoms with Gasteiger partial charge in [0.15, 0.2) is 0 Å². The van der Waals surface area contributed by atoms with Gasteiger partial charge < -0.3 is 10.1 Å². The minimum Gasteiger partial charge on any atom is -0.382 e. The molecule has 0 spiro atoms. The average Bonchev–Trinajstić information content (AvgIpc) is 1.85. The van der Waals surface area contributed by atoms with Crippen LogP contribution in [0.5, 0.6) is 0 Å². The van der Waals surface area contributed by atoms with Crippen molar-refractivity contribution < 1.29 is 4.79 Å². The molecule has 52 valence electrons. The van der Waals surface area contributed by atoms with E-state index in [0.29, 0.717) is 6.54 Å². The van der Waals surface area contributed by atoms with Crippen molar-refractivity contribution in [3.05, 3.63) is 12.3 Å². The molecule has 0 aliphatic rings. The van der Waals surface area contributed by atoms with E-state index in [9.17, 15) is 4.79 Å². The van der Waals surface area contributed by atoms with Crippen LogP contribution in [0.2, 0.25) is 0 Å². The van der Waals surface area contributed by atoms with E-state index in [0.717, 1.165) is 24.8 Å². The van der Waals surface area contributed by atoms with Crippen molar-refractivity contribution in [1.82, 2.24) is 5.32 Å². The Labute approximate surface area is 56.0 Å². The van der Waals surface area contributed by atoms with Gasteiger partial charge in [-0.05, 0) is 6.42 Å². The molecule has 2 heteroatoms. The molecule has 0 aliphatic heterocycles. The molecule has 0 saturated heterocycles.